The van der Waals surface area contributed by atoms with Crippen LogP contribution in [0.5, 0.6) is 0 Å². The van der Waals surface area contributed by atoms with Gasteiger partial charge in [0, 0.05) is 23.1 Å². The summed E-state index contributed by atoms with van der Waals surface area (Å²) in [6.45, 7) is 3.68. The molecule has 2 amide bonds. The lowest BCUT2D eigenvalue weighted by atomic mass is 10.1. The van der Waals surface area contributed by atoms with E-state index < -0.39 is 28.5 Å². The molecule has 1 unspecified atom stereocenters. The maximum absolute atomic E-state index is 13.3. The van der Waals surface area contributed by atoms with Gasteiger partial charge in [-0.05, 0) is 55.3 Å². The van der Waals surface area contributed by atoms with Gasteiger partial charge in [0.25, 0.3) is 0 Å². The molecule has 7 nitrogen and oxygen atoms in total. The number of amides is 2. The molecule has 1 atom stereocenters. The highest BCUT2D eigenvalue weighted by molar-refractivity contribution is 7.92. The van der Waals surface area contributed by atoms with Crippen LogP contribution in [0.1, 0.15) is 25.8 Å². The van der Waals surface area contributed by atoms with E-state index >= 15 is 0 Å². The van der Waals surface area contributed by atoms with E-state index in [0.717, 1.165) is 22.5 Å². The van der Waals surface area contributed by atoms with Crippen molar-refractivity contribution in [3.63, 3.8) is 0 Å². The van der Waals surface area contributed by atoms with Gasteiger partial charge in [-0.1, -0.05) is 42.3 Å². The number of hydrogen-bond acceptors (Lipinski definition) is 4. The summed E-state index contributed by atoms with van der Waals surface area (Å²) < 4.78 is 25.9. The summed E-state index contributed by atoms with van der Waals surface area (Å²) in [6, 6.07) is 12.2. The van der Waals surface area contributed by atoms with Crippen molar-refractivity contribution >= 4 is 50.7 Å². The predicted octanol–water partition coefficient (Wildman–Crippen LogP) is 3.70. The molecule has 0 heterocycles. The van der Waals surface area contributed by atoms with Gasteiger partial charge in [0.15, 0.2) is 0 Å². The number of carbonyl (C=O) groups is 2. The third-order valence-corrected chi connectivity index (χ3v) is 6.42. The minimum Gasteiger partial charge on any atom is -0.354 e. The highest BCUT2D eigenvalue weighted by atomic mass is 35.5. The van der Waals surface area contributed by atoms with Crippen molar-refractivity contribution in [1.29, 1.82) is 0 Å². The summed E-state index contributed by atoms with van der Waals surface area (Å²) in [5, 5.41) is 3.77. The van der Waals surface area contributed by atoms with Gasteiger partial charge >= 0.3 is 0 Å². The summed E-state index contributed by atoms with van der Waals surface area (Å²) >= 11 is 11.9. The first-order valence-electron chi connectivity index (χ1n) is 10.1. The molecule has 0 saturated heterocycles. The standard InChI is InChI=1S/C22H27Cl2N3O4S/c1-4-13-25-22(29)16(2)26(14-17-5-7-18(23)8-6-17)21(28)15-27(32(3,30)31)20-11-9-19(24)10-12-20/h5-12,16H,4,13-15H2,1-3H3,(H,25,29). The first-order chi connectivity index (χ1) is 15.0. The van der Waals surface area contributed by atoms with Crippen LogP contribution >= 0.6 is 23.2 Å². The lowest BCUT2D eigenvalue weighted by Gasteiger charge is -2.31. The maximum Gasteiger partial charge on any atom is 0.244 e. The number of sulfonamides is 1. The number of nitrogens with zero attached hydrogens (tertiary/aromatic N) is 2. The smallest absolute Gasteiger partial charge is 0.244 e. The average molecular weight is 500 g/mol. The van der Waals surface area contributed by atoms with Gasteiger partial charge in [0.2, 0.25) is 21.8 Å². The van der Waals surface area contributed by atoms with Crippen LogP contribution in [0.3, 0.4) is 0 Å². The first kappa shape index (κ1) is 26.0. The highest BCUT2D eigenvalue weighted by Gasteiger charge is 2.29. The van der Waals surface area contributed by atoms with Crippen molar-refractivity contribution in [2.75, 3.05) is 23.7 Å². The van der Waals surface area contributed by atoms with Crippen LogP contribution in [-0.4, -0.2) is 50.5 Å². The summed E-state index contributed by atoms with van der Waals surface area (Å²) in [6.07, 6.45) is 1.78. The van der Waals surface area contributed by atoms with E-state index in [1.807, 2.05) is 6.92 Å². The monoisotopic (exact) mass is 499 g/mol. The number of halogens is 2. The molecular weight excluding hydrogens is 473 g/mol. The summed E-state index contributed by atoms with van der Waals surface area (Å²) in [5.41, 5.74) is 1.06. The zero-order valence-corrected chi connectivity index (χ0v) is 20.5. The summed E-state index contributed by atoms with van der Waals surface area (Å²) in [5.74, 6) is -0.828. The van der Waals surface area contributed by atoms with Crippen LogP contribution in [0.4, 0.5) is 5.69 Å². The van der Waals surface area contributed by atoms with E-state index in [4.69, 9.17) is 23.2 Å². The van der Waals surface area contributed by atoms with E-state index in [2.05, 4.69) is 5.32 Å². The zero-order valence-electron chi connectivity index (χ0n) is 18.2. The molecule has 2 aromatic rings. The fraction of sp³-hybridized carbons (Fsp3) is 0.364. The molecule has 32 heavy (non-hydrogen) atoms. The van der Waals surface area contributed by atoms with E-state index in [0.29, 0.717) is 22.3 Å². The Labute approximate surface area is 199 Å². The van der Waals surface area contributed by atoms with Crippen LogP contribution in [0, 0.1) is 0 Å². The Bertz CT molecular complexity index is 1030. The van der Waals surface area contributed by atoms with Gasteiger partial charge < -0.3 is 10.2 Å². The SMILES string of the molecule is CCCNC(=O)C(C)N(Cc1ccc(Cl)cc1)C(=O)CN(c1ccc(Cl)cc1)S(C)(=O)=O. The molecule has 0 aliphatic rings. The normalized spacial score (nSPS) is 12.2. The molecule has 0 bridgehead atoms. The second-order valence-corrected chi connectivity index (χ2v) is 10.1. The average Bonchev–Trinajstić information content (AvgIpc) is 2.74. The van der Waals surface area contributed by atoms with Crippen LogP contribution in [-0.2, 0) is 26.2 Å². The zero-order chi connectivity index (χ0) is 23.9. The van der Waals surface area contributed by atoms with E-state index in [-0.39, 0.29) is 12.5 Å². The third kappa shape index (κ3) is 7.39. The van der Waals surface area contributed by atoms with Gasteiger partial charge in [-0.3, -0.25) is 13.9 Å². The van der Waals surface area contributed by atoms with Gasteiger partial charge in [0.05, 0.1) is 11.9 Å². The molecular formula is C22H27Cl2N3O4S. The molecule has 0 saturated carbocycles. The Morgan fingerprint density at radius 3 is 2.03 bits per heavy atom. The number of nitrogens with one attached hydrogen (secondary N) is 1. The van der Waals surface area contributed by atoms with Crippen molar-refractivity contribution < 1.29 is 18.0 Å². The molecule has 10 heteroatoms. The second kappa shape index (κ2) is 11.5. The van der Waals surface area contributed by atoms with Crippen LogP contribution < -0.4 is 9.62 Å². The molecule has 0 fully saturated rings. The molecule has 2 aromatic carbocycles. The molecule has 2 rings (SSSR count). The Kier molecular flexibility index (Phi) is 9.36. The molecule has 0 spiro atoms. The van der Waals surface area contributed by atoms with Crippen molar-refractivity contribution in [2.24, 2.45) is 0 Å². The number of benzene rings is 2. The first-order valence-corrected chi connectivity index (χ1v) is 12.7. The largest absolute Gasteiger partial charge is 0.354 e. The van der Waals surface area contributed by atoms with Crippen LogP contribution in [0.15, 0.2) is 48.5 Å². The fourth-order valence-electron chi connectivity index (χ4n) is 2.99. The number of anilines is 1. The van der Waals surface area contributed by atoms with Crippen molar-refractivity contribution in [1.82, 2.24) is 10.2 Å². The van der Waals surface area contributed by atoms with E-state index in [1.165, 1.54) is 17.0 Å². The van der Waals surface area contributed by atoms with Gasteiger partial charge in [-0.2, -0.15) is 0 Å². The Morgan fingerprint density at radius 2 is 1.53 bits per heavy atom. The molecule has 174 valence electrons. The van der Waals surface area contributed by atoms with Crippen molar-refractivity contribution in [3.05, 3.63) is 64.1 Å². The lowest BCUT2D eigenvalue weighted by molar-refractivity contribution is -0.139. The summed E-state index contributed by atoms with van der Waals surface area (Å²) in [7, 11) is -3.77. The van der Waals surface area contributed by atoms with E-state index in [1.54, 1.807) is 43.3 Å². The number of rotatable bonds is 10. The minimum atomic E-state index is -3.77. The quantitative estimate of drug-likeness (QED) is 0.539. The fourth-order valence-corrected chi connectivity index (χ4v) is 4.09. The van der Waals surface area contributed by atoms with Gasteiger partial charge in [-0.15, -0.1) is 0 Å². The minimum absolute atomic E-state index is 0.120. The molecule has 0 aliphatic heterocycles. The van der Waals surface area contributed by atoms with Crippen LogP contribution in [0.2, 0.25) is 10.0 Å². The Balaban J connectivity index is 2.34. The molecule has 0 radical (unpaired) electrons. The molecule has 0 aliphatic carbocycles. The lowest BCUT2D eigenvalue weighted by Crippen LogP contribution is -2.51. The maximum atomic E-state index is 13.3. The van der Waals surface area contributed by atoms with Gasteiger partial charge in [-0.25, -0.2) is 8.42 Å². The molecule has 1 N–H and O–H groups in total. The van der Waals surface area contributed by atoms with Crippen LogP contribution in [0.25, 0.3) is 0 Å². The Morgan fingerprint density at radius 1 is 1.00 bits per heavy atom. The number of hydrogen-bond donors (Lipinski definition) is 1. The Hall–Kier alpha value is -2.29. The molecule has 0 aromatic heterocycles. The topological polar surface area (TPSA) is 86.8 Å². The van der Waals surface area contributed by atoms with E-state index in [9.17, 15) is 18.0 Å². The number of carbonyl (C=O) groups excluding carboxylic acids is 2. The summed E-state index contributed by atoms with van der Waals surface area (Å²) in [4.78, 5) is 27.3. The van der Waals surface area contributed by atoms with Gasteiger partial charge in [0.1, 0.15) is 12.6 Å². The van der Waals surface area contributed by atoms with Crippen molar-refractivity contribution in [3.8, 4) is 0 Å². The highest BCUT2D eigenvalue weighted by Crippen LogP contribution is 2.21. The third-order valence-electron chi connectivity index (χ3n) is 4.78. The van der Waals surface area contributed by atoms with Crippen molar-refractivity contribution in [2.45, 2.75) is 32.9 Å². The predicted molar refractivity (Wildman–Crippen MR) is 128 cm³/mol. The second-order valence-electron chi connectivity index (χ2n) is 7.36.